The Morgan fingerprint density at radius 2 is 1.59 bits per heavy atom. The van der Waals surface area contributed by atoms with Crippen LogP contribution >= 0.6 is 0 Å². The third kappa shape index (κ3) is 5.14. The van der Waals surface area contributed by atoms with Gasteiger partial charge in [0.1, 0.15) is 23.5 Å². The molecule has 3 N–H and O–H groups in total. The van der Waals surface area contributed by atoms with E-state index in [1.807, 2.05) is 0 Å². The summed E-state index contributed by atoms with van der Waals surface area (Å²) in [7, 11) is 0. The highest BCUT2D eigenvalue weighted by Gasteiger charge is 2.13. The molecule has 4 rings (SSSR count). The van der Waals surface area contributed by atoms with E-state index in [0.717, 1.165) is 12.4 Å². The van der Waals surface area contributed by atoms with E-state index in [0.29, 0.717) is 17.0 Å². The van der Waals surface area contributed by atoms with Gasteiger partial charge in [-0.15, -0.1) is 10.2 Å². The van der Waals surface area contributed by atoms with E-state index in [-0.39, 0.29) is 29.3 Å². The van der Waals surface area contributed by atoms with E-state index in [1.54, 1.807) is 12.1 Å². The number of amides is 2. The molecule has 0 aliphatic heterocycles. The number of aromatic nitrogens is 6. The lowest BCUT2D eigenvalue weighted by Crippen LogP contribution is -2.27. The summed E-state index contributed by atoms with van der Waals surface area (Å²) in [6.45, 7) is -2.10. The van der Waals surface area contributed by atoms with Crippen LogP contribution in [0.25, 0.3) is 11.4 Å². The van der Waals surface area contributed by atoms with Crippen LogP contribution < -0.4 is 10.6 Å². The highest BCUT2D eigenvalue weighted by atomic mass is 19.1. The van der Waals surface area contributed by atoms with E-state index in [4.69, 9.17) is 2.74 Å². The molecule has 0 saturated heterocycles. The average Bonchev–Trinajstić information content (AvgIpc) is 3.38. The Morgan fingerprint density at radius 3 is 2.25 bits per heavy atom. The first-order chi connectivity index (χ1) is 16.3. The number of H-pyrrole nitrogens is 1. The van der Waals surface area contributed by atoms with Crippen molar-refractivity contribution in [3.05, 3.63) is 89.3 Å². The van der Waals surface area contributed by atoms with Crippen molar-refractivity contribution in [2.75, 3.05) is 0 Å². The lowest BCUT2D eigenvalue weighted by Gasteiger charge is -2.07. The van der Waals surface area contributed by atoms with E-state index in [2.05, 4.69) is 41.2 Å². The van der Waals surface area contributed by atoms with Crippen molar-refractivity contribution in [3.63, 3.8) is 0 Å². The molecule has 0 unspecified atom stereocenters. The third-order valence-corrected chi connectivity index (χ3v) is 4.31. The molecule has 2 heterocycles. The van der Waals surface area contributed by atoms with Gasteiger partial charge in [0.05, 0.1) is 2.74 Å². The lowest BCUT2D eigenvalue weighted by molar-refractivity contribution is 0.0944. The molecule has 2 aromatic carbocycles. The van der Waals surface area contributed by atoms with E-state index >= 15 is 0 Å². The summed E-state index contributed by atoms with van der Waals surface area (Å²) in [5.41, 5.74) is 1.22. The minimum atomic E-state index is -2.23. The number of nitrogens with zero attached hydrogens (tertiary/aromatic N) is 5. The standard InChI is InChI=1S/C21H17FN8O2/c22-16-7-3-14(4-8-16)11-24-21(32)18-9-17(25-12-26-18)20(31)23-10-13-1-5-15(6-2-13)19-27-29-30-28-19/h1-9,12H,10-11H2,(H,23,31)(H,24,32)(H,27,28,29,30)/i10D2. The summed E-state index contributed by atoms with van der Waals surface area (Å²) in [6, 6.07) is 12.9. The van der Waals surface area contributed by atoms with Crippen LogP contribution in [-0.2, 0) is 13.0 Å². The van der Waals surface area contributed by atoms with Gasteiger partial charge in [0.2, 0.25) is 5.82 Å². The monoisotopic (exact) mass is 434 g/mol. The third-order valence-electron chi connectivity index (χ3n) is 4.31. The topological polar surface area (TPSA) is 138 Å². The van der Waals surface area contributed by atoms with Gasteiger partial charge >= 0.3 is 0 Å². The normalized spacial score (nSPS) is 11.9. The maximum Gasteiger partial charge on any atom is 0.270 e. The number of nitrogens with one attached hydrogen (secondary N) is 3. The molecule has 160 valence electrons. The van der Waals surface area contributed by atoms with Gasteiger partial charge in [-0.25, -0.2) is 14.4 Å². The molecule has 0 radical (unpaired) electrons. The van der Waals surface area contributed by atoms with Crippen LogP contribution in [0.15, 0.2) is 60.9 Å². The highest BCUT2D eigenvalue weighted by molar-refractivity contribution is 5.97. The maximum atomic E-state index is 13.0. The summed E-state index contributed by atoms with van der Waals surface area (Å²) in [6.07, 6.45) is 1.04. The van der Waals surface area contributed by atoms with Gasteiger partial charge in [0, 0.05) is 24.7 Å². The molecule has 0 bridgehead atoms. The molecular formula is C21H17FN8O2. The average molecular weight is 434 g/mol. The summed E-state index contributed by atoms with van der Waals surface area (Å²) in [5.74, 6) is -1.44. The number of carbonyl (C=O) groups excluding carboxylic acids is 2. The van der Waals surface area contributed by atoms with Crippen LogP contribution in [0.5, 0.6) is 0 Å². The van der Waals surface area contributed by atoms with Gasteiger partial charge in [-0.1, -0.05) is 36.4 Å². The second kappa shape index (κ2) is 9.51. The first kappa shape index (κ1) is 18.2. The van der Waals surface area contributed by atoms with Crippen LogP contribution in [-0.4, -0.2) is 42.4 Å². The van der Waals surface area contributed by atoms with Gasteiger partial charge in [0.25, 0.3) is 11.8 Å². The quantitative estimate of drug-likeness (QED) is 0.402. The second-order valence-electron chi connectivity index (χ2n) is 6.49. The fraction of sp³-hybridized carbons (Fsp3) is 0.0952. The van der Waals surface area contributed by atoms with Gasteiger partial charge < -0.3 is 10.6 Å². The number of tetrazole rings is 1. The number of benzene rings is 2. The Balaban J connectivity index is 1.41. The van der Waals surface area contributed by atoms with Crippen molar-refractivity contribution >= 4 is 11.8 Å². The first-order valence-corrected chi connectivity index (χ1v) is 9.33. The minimum absolute atomic E-state index is 0.0766. The summed E-state index contributed by atoms with van der Waals surface area (Å²) in [5, 5.41) is 18.4. The molecule has 2 amide bonds. The molecule has 0 fully saturated rings. The van der Waals surface area contributed by atoms with Gasteiger partial charge in [0.15, 0.2) is 0 Å². The number of hydrogen-bond acceptors (Lipinski definition) is 7. The van der Waals surface area contributed by atoms with Crippen LogP contribution in [0.3, 0.4) is 0 Å². The second-order valence-corrected chi connectivity index (χ2v) is 6.49. The summed E-state index contributed by atoms with van der Waals surface area (Å²) in [4.78, 5) is 32.7. The van der Waals surface area contributed by atoms with E-state index in [1.165, 1.54) is 36.4 Å². The molecule has 10 nitrogen and oxygen atoms in total. The molecule has 11 heteroatoms. The lowest BCUT2D eigenvalue weighted by atomic mass is 10.1. The van der Waals surface area contributed by atoms with Crippen molar-refractivity contribution in [2.45, 2.75) is 13.0 Å². The Hall–Kier alpha value is -4.54. The number of aromatic amines is 1. The predicted octanol–water partition coefficient (Wildman–Crippen LogP) is 1.66. The number of carbonyl (C=O) groups is 2. The van der Waals surface area contributed by atoms with Crippen molar-refractivity contribution in [2.24, 2.45) is 0 Å². The zero-order chi connectivity index (χ0) is 24.1. The Bertz CT molecular complexity index is 1300. The summed E-state index contributed by atoms with van der Waals surface area (Å²) >= 11 is 0. The molecule has 4 aromatic rings. The fourth-order valence-corrected chi connectivity index (χ4v) is 2.66. The minimum Gasteiger partial charge on any atom is -0.347 e. The number of halogens is 1. The Labute approximate surface area is 184 Å². The molecule has 32 heavy (non-hydrogen) atoms. The number of rotatable bonds is 7. The van der Waals surface area contributed by atoms with Gasteiger partial charge in [-0.05, 0) is 28.5 Å². The fourth-order valence-electron chi connectivity index (χ4n) is 2.66. The molecule has 0 aliphatic carbocycles. The zero-order valence-electron chi connectivity index (χ0n) is 18.4. The largest absolute Gasteiger partial charge is 0.347 e. The summed E-state index contributed by atoms with van der Waals surface area (Å²) < 4.78 is 29.5. The molecule has 0 atom stereocenters. The van der Waals surface area contributed by atoms with Crippen molar-refractivity contribution in [1.82, 2.24) is 41.2 Å². The SMILES string of the molecule is [2H]C([2H])(NC(=O)c1cc(C(=O)NCc2ccc(F)cc2)ncn1)c1ccc(-c2nn[nH]n2)cc1. The van der Waals surface area contributed by atoms with E-state index < -0.39 is 18.3 Å². The molecular weight excluding hydrogens is 415 g/mol. The van der Waals surface area contributed by atoms with Crippen molar-refractivity contribution in [3.8, 4) is 11.4 Å². The van der Waals surface area contributed by atoms with Gasteiger partial charge in [-0.2, -0.15) is 5.21 Å². The smallest absolute Gasteiger partial charge is 0.270 e. The maximum absolute atomic E-state index is 13.0. The van der Waals surface area contributed by atoms with Crippen molar-refractivity contribution < 1.29 is 16.7 Å². The highest BCUT2D eigenvalue weighted by Crippen LogP contribution is 2.14. The van der Waals surface area contributed by atoms with Crippen LogP contribution in [0.1, 0.15) is 34.8 Å². The Morgan fingerprint density at radius 1 is 0.938 bits per heavy atom. The molecule has 0 aliphatic rings. The van der Waals surface area contributed by atoms with E-state index in [9.17, 15) is 14.0 Å². The van der Waals surface area contributed by atoms with Crippen LogP contribution in [0, 0.1) is 5.82 Å². The van der Waals surface area contributed by atoms with Crippen LogP contribution in [0.2, 0.25) is 0 Å². The zero-order valence-corrected chi connectivity index (χ0v) is 16.4. The number of hydrogen-bond donors (Lipinski definition) is 3. The van der Waals surface area contributed by atoms with Crippen molar-refractivity contribution in [1.29, 1.82) is 0 Å². The van der Waals surface area contributed by atoms with Gasteiger partial charge in [-0.3, -0.25) is 9.59 Å². The van der Waals surface area contributed by atoms with Crippen LogP contribution in [0.4, 0.5) is 4.39 Å². The predicted molar refractivity (Wildman–Crippen MR) is 110 cm³/mol. The Kier molecular flexibility index (Phi) is 5.42. The molecule has 0 spiro atoms. The molecule has 0 saturated carbocycles. The first-order valence-electron chi connectivity index (χ1n) is 10.3. The molecule has 2 aromatic heterocycles.